The second kappa shape index (κ2) is 6.60. The molecular formula is C18H20ClN3O. The molecule has 0 amide bonds. The molecule has 0 aliphatic carbocycles. The SMILES string of the molecule is Cc1nn(C)cc1C(C)NCc1ccc(-c2ccccc2Cl)o1. The molecule has 0 saturated carbocycles. The first-order valence-electron chi connectivity index (χ1n) is 7.61. The standard InChI is InChI=1S/C18H20ClN3O/c1-12(16-11-22(3)21-13(16)2)20-10-14-8-9-18(23-14)15-6-4-5-7-17(15)19/h4-9,11-12,20H,10H2,1-3H3. The fourth-order valence-corrected chi connectivity index (χ4v) is 2.91. The van der Waals surface area contributed by atoms with Crippen molar-refractivity contribution in [3.8, 4) is 11.3 Å². The van der Waals surface area contributed by atoms with Crippen LogP contribution in [0.3, 0.4) is 0 Å². The zero-order chi connectivity index (χ0) is 16.4. The Bertz CT molecular complexity index is 806. The van der Waals surface area contributed by atoms with Gasteiger partial charge in [-0.1, -0.05) is 23.7 Å². The molecule has 1 N–H and O–H groups in total. The van der Waals surface area contributed by atoms with Crippen LogP contribution in [0.2, 0.25) is 5.02 Å². The van der Waals surface area contributed by atoms with E-state index in [0.29, 0.717) is 11.6 Å². The lowest BCUT2D eigenvalue weighted by molar-refractivity contribution is 0.468. The Morgan fingerprint density at radius 1 is 1.26 bits per heavy atom. The van der Waals surface area contributed by atoms with E-state index in [9.17, 15) is 0 Å². The Balaban J connectivity index is 1.68. The van der Waals surface area contributed by atoms with Crippen molar-refractivity contribution in [1.82, 2.24) is 15.1 Å². The van der Waals surface area contributed by atoms with Crippen LogP contribution < -0.4 is 5.32 Å². The number of benzene rings is 1. The zero-order valence-electron chi connectivity index (χ0n) is 13.5. The Kier molecular flexibility index (Phi) is 4.55. The summed E-state index contributed by atoms with van der Waals surface area (Å²) in [6.07, 6.45) is 2.05. The van der Waals surface area contributed by atoms with Crippen LogP contribution in [0.5, 0.6) is 0 Å². The van der Waals surface area contributed by atoms with Crippen molar-refractivity contribution in [3.05, 3.63) is 64.6 Å². The molecule has 0 bridgehead atoms. The third kappa shape index (κ3) is 3.49. The van der Waals surface area contributed by atoms with E-state index in [0.717, 1.165) is 22.8 Å². The number of rotatable bonds is 5. The van der Waals surface area contributed by atoms with Gasteiger partial charge in [-0.2, -0.15) is 5.10 Å². The van der Waals surface area contributed by atoms with Gasteiger partial charge in [0, 0.05) is 30.4 Å². The van der Waals surface area contributed by atoms with Crippen LogP contribution in [0, 0.1) is 6.92 Å². The molecule has 3 rings (SSSR count). The summed E-state index contributed by atoms with van der Waals surface area (Å²) in [5, 5.41) is 8.54. The average molecular weight is 330 g/mol. The highest BCUT2D eigenvalue weighted by atomic mass is 35.5. The fraction of sp³-hybridized carbons (Fsp3) is 0.278. The second-order valence-corrected chi connectivity index (χ2v) is 6.10. The summed E-state index contributed by atoms with van der Waals surface area (Å²) in [6, 6.07) is 11.8. The molecule has 0 fully saturated rings. The highest BCUT2D eigenvalue weighted by molar-refractivity contribution is 6.33. The normalized spacial score (nSPS) is 12.5. The molecule has 3 aromatic rings. The van der Waals surface area contributed by atoms with E-state index in [-0.39, 0.29) is 6.04 Å². The van der Waals surface area contributed by atoms with Crippen molar-refractivity contribution in [1.29, 1.82) is 0 Å². The molecule has 2 heterocycles. The summed E-state index contributed by atoms with van der Waals surface area (Å²) < 4.78 is 7.74. The Morgan fingerprint density at radius 2 is 2.04 bits per heavy atom. The van der Waals surface area contributed by atoms with Crippen molar-refractivity contribution in [2.24, 2.45) is 7.05 Å². The number of hydrogen-bond acceptors (Lipinski definition) is 3. The van der Waals surface area contributed by atoms with Crippen LogP contribution in [0.15, 0.2) is 47.0 Å². The highest BCUT2D eigenvalue weighted by Crippen LogP contribution is 2.29. The van der Waals surface area contributed by atoms with Gasteiger partial charge in [0.1, 0.15) is 11.5 Å². The molecule has 0 saturated heterocycles. The van der Waals surface area contributed by atoms with Gasteiger partial charge in [-0.15, -0.1) is 0 Å². The summed E-state index contributed by atoms with van der Waals surface area (Å²) in [5.74, 6) is 1.67. The summed E-state index contributed by atoms with van der Waals surface area (Å²) in [4.78, 5) is 0. The predicted octanol–water partition coefficient (Wildman–Crippen LogP) is 4.49. The average Bonchev–Trinajstić information content (AvgIpc) is 3.12. The van der Waals surface area contributed by atoms with E-state index in [1.165, 1.54) is 5.56 Å². The number of aromatic nitrogens is 2. The molecule has 4 nitrogen and oxygen atoms in total. The zero-order valence-corrected chi connectivity index (χ0v) is 14.3. The summed E-state index contributed by atoms with van der Waals surface area (Å²) in [5.41, 5.74) is 3.16. The van der Waals surface area contributed by atoms with E-state index in [2.05, 4.69) is 17.3 Å². The van der Waals surface area contributed by atoms with Gasteiger partial charge >= 0.3 is 0 Å². The van der Waals surface area contributed by atoms with Crippen LogP contribution in [0.25, 0.3) is 11.3 Å². The van der Waals surface area contributed by atoms with Gasteiger partial charge in [-0.3, -0.25) is 4.68 Å². The third-order valence-electron chi connectivity index (χ3n) is 3.90. The topological polar surface area (TPSA) is 43.0 Å². The Hall–Kier alpha value is -2.04. The van der Waals surface area contributed by atoms with E-state index >= 15 is 0 Å². The molecule has 1 atom stereocenters. The summed E-state index contributed by atoms with van der Waals surface area (Å²) >= 11 is 6.21. The number of nitrogens with zero attached hydrogens (tertiary/aromatic N) is 2. The first-order chi connectivity index (χ1) is 11.0. The van der Waals surface area contributed by atoms with Crippen molar-refractivity contribution in [3.63, 3.8) is 0 Å². The summed E-state index contributed by atoms with van der Waals surface area (Å²) in [7, 11) is 1.94. The highest BCUT2D eigenvalue weighted by Gasteiger charge is 2.13. The van der Waals surface area contributed by atoms with E-state index < -0.39 is 0 Å². The van der Waals surface area contributed by atoms with Crippen LogP contribution in [0.4, 0.5) is 0 Å². The van der Waals surface area contributed by atoms with Gasteiger partial charge in [0.2, 0.25) is 0 Å². The number of nitrogens with one attached hydrogen (secondary N) is 1. The lowest BCUT2D eigenvalue weighted by atomic mass is 10.1. The maximum atomic E-state index is 6.21. The van der Waals surface area contributed by atoms with Gasteiger partial charge in [0.15, 0.2) is 0 Å². The minimum Gasteiger partial charge on any atom is -0.460 e. The van der Waals surface area contributed by atoms with Crippen molar-refractivity contribution in [2.45, 2.75) is 26.4 Å². The van der Waals surface area contributed by atoms with Crippen LogP contribution in [-0.4, -0.2) is 9.78 Å². The molecule has 0 spiro atoms. The third-order valence-corrected chi connectivity index (χ3v) is 4.23. The maximum Gasteiger partial charge on any atom is 0.135 e. The molecule has 0 aliphatic heterocycles. The van der Waals surface area contributed by atoms with Crippen molar-refractivity contribution < 1.29 is 4.42 Å². The fourth-order valence-electron chi connectivity index (χ4n) is 2.69. The van der Waals surface area contributed by atoms with Gasteiger partial charge in [0.05, 0.1) is 17.3 Å². The lowest BCUT2D eigenvalue weighted by Crippen LogP contribution is -2.18. The van der Waals surface area contributed by atoms with Crippen LogP contribution in [0.1, 0.15) is 30.0 Å². The molecular weight excluding hydrogens is 310 g/mol. The molecule has 23 heavy (non-hydrogen) atoms. The van der Waals surface area contributed by atoms with E-state index in [1.54, 1.807) is 0 Å². The molecule has 120 valence electrons. The molecule has 5 heteroatoms. The first kappa shape index (κ1) is 15.8. The first-order valence-corrected chi connectivity index (χ1v) is 7.99. The van der Waals surface area contributed by atoms with E-state index in [4.69, 9.17) is 16.0 Å². The van der Waals surface area contributed by atoms with Crippen molar-refractivity contribution in [2.75, 3.05) is 0 Å². The van der Waals surface area contributed by atoms with Gasteiger partial charge in [-0.05, 0) is 38.1 Å². The number of aryl methyl sites for hydroxylation is 2. The predicted molar refractivity (Wildman–Crippen MR) is 92.4 cm³/mol. The smallest absolute Gasteiger partial charge is 0.135 e. The quantitative estimate of drug-likeness (QED) is 0.749. The maximum absolute atomic E-state index is 6.21. The van der Waals surface area contributed by atoms with Crippen molar-refractivity contribution >= 4 is 11.6 Å². The lowest BCUT2D eigenvalue weighted by Gasteiger charge is -2.11. The number of hydrogen-bond donors (Lipinski definition) is 1. The minimum atomic E-state index is 0.206. The second-order valence-electron chi connectivity index (χ2n) is 5.69. The minimum absolute atomic E-state index is 0.206. The molecule has 2 aromatic heterocycles. The van der Waals surface area contributed by atoms with E-state index in [1.807, 2.05) is 61.2 Å². The number of halogens is 1. The van der Waals surface area contributed by atoms with Crippen LogP contribution in [-0.2, 0) is 13.6 Å². The Morgan fingerprint density at radius 3 is 2.74 bits per heavy atom. The molecule has 1 aromatic carbocycles. The largest absolute Gasteiger partial charge is 0.460 e. The number of furan rings is 1. The summed E-state index contributed by atoms with van der Waals surface area (Å²) in [6.45, 7) is 4.80. The van der Waals surface area contributed by atoms with Crippen LogP contribution >= 0.6 is 11.6 Å². The molecule has 0 aliphatic rings. The molecule has 0 radical (unpaired) electrons. The van der Waals surface area contributed by atoms with Gasteiger partial charge < -0.3 is 9.73 Å². The molecule has 1 unspecified atom stereocenters. The Labute approximate surface area is 141 Å². The monoisotopic (exact) mass is 329 g/mol. The van der Waals surface area contributed by atoms with Gasteiger partial charge in [0.25, 0.3) is 0 Å². The van der Waals surface area contributed by atoms with Gasteiger partial charge in [-0.25, -0.2) is 0 Å².